The summed E-state index contributed by atoms with van der Waals surface area (Å²) in [7, 11) is 3.06. The average molecular weight is 436 g/mol. The fourth-order valence-electron chi connectivity index (χ4n) is 3.26. The van der Waals surface area contributed by atoms with Crippen LogP contribution in [0.25, 0.3) is 11.1 Å². The largest absolute Gasteiger partial charge is 0.493 e. The topological polar surface area (TPSA) is 96.0 Å². The molecule has 3 aromatic rings. The molecule has 0 aliphatic carbocycles. The molecule has 0 unspecified atom stereocenters. The lowest BCUT2D eigenvalue weighted by Gasteiger charge is -2.21. The lowest BCUT2D eigenvalue weighted by atomic mass is 9.97. The molecule has 166 valence electrons. The lowest BCUT2D eigenvalue weighted by molar-refractivity contribution is -0.138. The molecule has 0 atom stereocenters. The first-order chi connectivity index (χ1) is 15.5. The van der Waals surface area contributed by atoms with Crippen LogP contribution in [0.3, 0.4) is 0 Å². The third-order valence-corrected chi connectivity index (χ3v) is 4.77. The molecule has 0 saturated heterocycles. The Morgan fingerprint density at radius 2 is 1.81 bits per heavy atom. The molecular formula is C24H24N2O6. The quantitative estimate of drug-likeness (QED) is 0.391. The Morgan fingerprint density at radius 3 is 2.44 bits per heavy atom. The number of rotatable bonds is 9. The predicted molar refractivity (Wildman–Crippen MR) is 119 cm³/mol. The Bertz CT molecular complexity index is 1120. The maximum Gasteiger partial charge on any atom is 0.329 e. The van der Waals surface area contributed by atoms with Gasteiger partial charge in [0.25, 0.3) is 0 Å². The zero-order valence-electron chi connectivity index (χ0n) is 18.3. The van der Waals surface area contributed by atoms with Gasteiger partial charge in [-0.15, -0.1) is 0 Å². The van der Waals surface area contributed by atoms with Gasteiger partial charge in [-0.3, -0.25) is 14.6 Å². The maximum absolute atomic E-state index is 11.6. The van der Waals surface area contributed by atoms with Gasteiger partial charge in [0.05, 0.1) is 26.1 Å². The van der Waals surface area contributed by atoms with Crippen molar-refractivity contribution in [2.45, 2.75) is 20.5 Å². The molecule has 0 aliphatic heterocycles. The second kappa shape index (κ2) is 10.3. The van der Waals surface area contributed by atoms with E-state index in [1.54, 1.807) is 19.1 Å². The number of hydrogen-bond donors (Lipinski definition) is 1. The van der Waals surface area contributed by atoms with Gasteiger partial charge >= 0.3 is 5.97 Å². The van der Waals surface area contributed by atoms with E-state index in [-0.39, 0.29) is 12.3 Å². The summed E-state index contributed by atoms with van der Waals surface area (Å²) < 4.78 is 17.3. The van der Waals surface area contributed by atoms with E-state index in [1.807, 2.05) is 30.3 Å². The van der Waals surface area contributed by atoms with Gasteiger partial charge in [-0.05, 0) is 30.2 Å². The molecule has 0 saturated carbocycles. The highest BCUT2D eigenvalue weighted by Crippen LogP contribution is 2.47. The molecule has 0 aliphatic rings. The molecule has 8 heteroatoms. The molecule has 0 fully saturated rings. The van der Waals surface area contributed by atoms with Crippen LogP contribution in [-0.4, -0.2) is 31.5 Å². The summed E-state index contributed by atoms with van der Waals surface area (Å²) in [6.45, 7) is 3.30. The number of methoxy groups -OCH3 is 2. The molecule has 0 radical (unpaired) electrons. The van der Waals surface area contributed by atoms with Crippen LogP contribution in [0.1, 0.15) is 28.5 Å². The molecule has 1 heterocycles. The van der Waals surface area contributed by atoms with E-state index in [2.05, 4.69) is 10.5 Å². The first-order valence-electron chi connectivity index (χ1n) is 9.80. The van der Waals surface area contributed by atoms with Crippen LogP contribution in [-0.2, 0) is 16.2 Å². The number of nitrogens with zero attached hydrogens (tertiary/aromatic N) is 1. The lowest BCUT2D eigenvalue weighted by Crippen LogP contribution is -2.10. The Labute approximate surface area is 186 Å². The predicted octanol–water partition coefficient (Wildman–Crippen LogP) is 4.36. The standard InChI is InChI=1S/C24H24N2O6/c1-15-20(13-27)25-12-19(26-32-16(2)28)22(15)18-10-11-21(29-3)24(30-4)23(18)31-14-17-8-6-5-7-9-17/h5-13,26H,14H2,1-4H3. The molecule has 2 aromatic carbocycles. The van der Waals surface area contributed by atoms with Gasteiger partial charge in [0.1, 0.15) is 12.3 Å². The van der Waals surface area contributed by atoms with Gasteiger partial charge in [0, 0.05) is 18.1 Å². The number of aromatic nitrogens is 1. The van der Waals surface area contributed by atoms with Crippen LogP contribution >= 0.6 is 0 Å². The number of carbonyl (C=O) groups excluding carboxylic acids is 2. The number of hydrogen-bond acceptors (Lipinski definition) is 8. The molecular weight excluding hydrogens is 412 g/mol. The van der Waals surface area contributed by atoms with Crippen molar-refractivity contribution in [1.29, 1.82) is 0 Å². The van der Waals surface area contributed by atoms with Gasteiger partial charge in [-0.1, -0.05) is 30.3 Å². The van der Waals surface area contributed by atoms with Gasteiger partial charge in [-0.2, -0.15) is 0 Å². The van der Waals surface area contributed by atoms with Gasteiger partial charge < -0.3 is 19.0 Å². The second-order valence-electron chi connectivity index (χ2n) is 6.82. The van der Waals surface area contributed by atoms with Crippen molar-refractivity contribution in [3.8, 4) is 28.4 Å². The maximum atomic E-state index is 11.6. The molecule has 1 aromatic heterocycles. The van der Waals surface area contributed by atoms with E-state index in [0.29, 0.717) is 45.9 Å². The van der Waals surface area contributed by atoms with Gasteiger partial charge in [0.2, 0.25) is 5.75 Å². The Hall–Kier alpha value is -4.07. The van der Waals surface area contributed by atoms with E-state index >= 15 is 0 Å². The van der Waals surface area contributed by atoms with Crippen molar-refractivity contribution in [2.75, 3.05) is 19.7 Å². The van der Waals surface area contributed by atoms with Crippen LogP contribution in [0.2, 0.25) is 0 Å². The number of nitrogens with one attached hydrogen (secondary N) is 1. The first-order valence-corrected chi connectivity index (χ1v) is 9.80. The number of aldehydes is 1. The van der Waals surface area contributed by atoms with E-state index in [4.69, 9.17) is 19.0 Å². The molecule has 0 spiro atoms. The third-order valence-electron chi connectivity index (χ3n) is 4.77. The highest BCUT2D eigenvalue weighted by molar-refractivity contribution is 5.90. The third kappa shape index (κ3) is 4.80. The van der Waals surface area contributed by atoms with E-state index in [9.17, 15) is 9.59 Å². The zero-order valence-corrected chi connectivity index (χ0v) is 18.3. The van der Waals surface area contributed by atoms with Crippen molar-refractivity contribution < 1.29 is 28.6 Å². The van der Waals surface area contributed by atoms with Crippen LogP contribution in [0.5, 0.6) is 17.2 Å². The van der Waals surface area contributed by atoms with Crippen molar-refractivity contribution in [3.63, 3.8) is 0 Å². The number of benzene rings is 2. The minimum Gasteiger partial charge on any atom is -0.493 e. The summed E-state index contributed by atoms with van der Waals surface area (Å²) in [5.74, 6) is 0.757. The molecule has 1 N–H and O–H groups in total. The number of anilines is 1. The second-order valence-corrected chi connectivity index (χ2v) is 6.82. The number of pyridine rings is 1. The van der Waals surface area contributed by atoms with Crippen molar-refractivity contribution in [1.82, 2.24) is 4.98 Å². The van der Waals surface area contributed by atoms with Crippen LogP contribution in [0.15, 0.2) is 48.7 Å². The van der Waals surface area contributed by atoms with E-state index < -0.39 is 5.97 Å². The molecule has 0 bridgehead atoms. The van der Waals surface area contributed by atoms with E-state index in [0.717, 1.165) is 5.56 Å². The fourth-order valence-corrected chi connectivity index (χ4v) is 3.26. The number of carbonyl (C=O) groups is 2. The summed E-state index contributed by atoms with van der Waals surface area (Å²) in [4.78, 5) is 32.0. The van der Waals surface area contributed by atoms with Crippen molar-refractivity contribution in [2.24, 2.45) is 0 Å². The average Bonchev–Trinajstić information content (AvgIpc) is 2.81. The monoisotopic (exact) mass is 436 g/mol. The van der Waals surface area contributed by atoms with Crippen molar-refractivity contribution in [3.05, 3.63) is 65.5 Å². The Kier molecular flexibility index (Phi) is 7.28. The zero-order chi connectivity index (χ0) is 23.1. The van der Waals surface area contributed by atoms with Crippen LogP contribution in [0.4, 0.5) is 5.69 Å². The Balaban J connectivity index is 2.19. The van der Waals surface area contributed by atoms with Crippen LogP contribution < -0.4 is 19.7 Å². The first kappa shape index (κ1) is 22.6. The molecule has 32 heavy (non-hydrogen) atoms. The summed E-state index contributed by atoms with van der Waals surface area (Å²) in [6, 6.07) is 13.2. The highest BCUT2D eigenvalue weighted by Gasteiger charge is 2.23. The summed E-state index contributed by atoms with van der Waals surface area (Å²) >= 11 is 0. The van der Waals surface area contributed by atoms with Gasteiger partial charge in [0.15, 0.2) is 17.8 Å². The normalized spacial score (nSPS) is 10.2. The molecule has 3 rings (SSSR count). The number of ether oxygens (including phenoxy) is 3. The van der Waals surface area contributed by atoms with E-state index in [1.165, 1.54) is 27.3 Å². The summed E-state index contributed by atoms with van der Waals surface area (Å²) in [5.41, 5.74) is 5.97. The minimum absolute atomic E-state index is 0.247. The fraction of sp³-hybridized carbons (Fsp3) is 0.208. The van der Waals surface area contributed by atoms with Gasteiger partial charge in [-0.25, -0.2) is 5.48 Å². The molecule has 8 nitrogen and oxygen atoms in total. The van der Waals surface area contributed by atoms with Crippen LogP contribution in [0, 0.1) is 6.92 Å². The van der Waals surface area contributed by atoms with Crippen molar-refractivity contribution >= 4 is 17.9 Å². The summed E-state index contributed by atoms with van der Waals surface area (Å²) in [6.07, 6.45) is 2.09. The Morgan fingerprint density at radius 1 is 1.06 bits per heavy atom. The SMILES string of the molecule is COc1ccc(-c2c(NOC(C)=O)cnc(C=O)c2C)c(OCc2ccccc2)c1OC. The minimum atomic E-state index is -0.527. The molecule has 0 amide bonds. The highest BCUT2D eigenvalue weighted by atomic mass is 16.7. The smallest absolute Gasteiger partial charge is 0.329 e. The summed E-state index contributed by atoms with van der Waals surface area (Å²) in [5, 5.41) is 0.